The largest absolute Gasteiger partial charge is 0.481 e. The predicted octanol–water partition coefficient (Wildman–Crippen LogP) is 2.26. The number of carboxylic acid groups (broad SMARTS) is 1. The molecule has 21 heavy (non-hydrogen) atoms. The molecule has 0 aliphatic carbocycles. The first-order valence-electron chi connectivity index (χ1n) is 6.56. The molecule has 0 aliphatic rings. The van der Waals surface area contributed by atoms with Crippen LogP contribution in [-0.4, -0.2) is 40.8 Å². The van der Waals surface area contributed by atoms with Crippen LogP contribution in [0.5, 0.6) is 0 Å². The molecule has 0 spiro atoms. The number of hydrogen-bond donors (Lipinski definition) is 2. The quantitative estimate of drug-likeness (QED) is 0.536. The molecule has 0 atom stereocenters. The second-order valence-corrected chi connectivity index (χ2v) is 7.11. The predicted molar refractivity (Wildman–Crippen MR) is 85.3 cm³/mol. The monoisotopic (exact) mass is 329 g/mol. The molecule has 1 aromatic heterocycles. The van der Waals surface area contributed by atoms with E-state index in [1.807, 2.05) is 19.9 Å². The molecule has 1 rings (SSSR count). The van der Waals surface area contributed by atoms with Gasteiger partial charge in [-0.05, 0) is 19.9 Å². The van der Waals surface area contributed by atoms with Crippen LogP contribution in [0.25, 0.3) is 0 Å². The number of aliphatic carboxylic acids is 1. The van der Waals surface area contributed by atoms with E-state index in [0.717, 1.165) is 9.75 Å². The van der Waals surface area contributed by atoms with E-state index < -0.39 is 5.97 Å². The fourth-order valence-corrected chi connectivity index (χ4v) is 3.29. The fraction of sp³-hybridized carbons (Fsp3) is 0.500. The third-order valence-corrected chi connectivity index (χ3v) is 4.62. The smallest absolute Gasteiger partial charge is 0.313 e. The molecule has 116 valence electrons. The zero-order valence-electron chi connectivity index (χ0n) is 12.1. The molecular formula is C14H19NO4S2. The van der Waals surface area contributed by atoms with Crippen molar-refractivity contribution in [2.75, 3.05) is 18.1 Å². The van der Waals surface area contributed by atoms with Crippen molar-refractivity contribution >= 4 is 40.8 Å². The molecular weight excluding hydrogens is 310 g/mol. The Morgan fingerprint density at radius 2 is 2.00 bits per heavy atom. The minimum absolute atomic E-state index is 0.00717. The Morgan fingerprint density at radius 3 is 2.57 bits per heavy atom. The third-order valence-electron chi connectivity index (χ3n) is 2.71. The van der Waals surface area contributed by atoms with Crippen LogP contribution in [0.2, 0.25) is 0 Å². The minimum atomic E-state index is -0.863. The summed E-state index contributed by atoms with van der Waals surface area (Å²) in [4.78, 5) is 35.9. The molecule has 0 aromatic carbocycles. The highest BCUT2D eigenvalue weighted by molar-refractivity contribution is 7.99. The maximum atomic E-state index is 12.0. The lowest BCUT2D eigenvalue weighted by molar-refractivity contribution is -0.133. The van der Waals surface area contributed by atoms with Crippen molar-refractivity contribution in [2.24, 2.45) is 0 Å². The average Bonchev–Trinajstić information content (AvgIpc) is 2.74. The van der Waals surface area contributed by atoms with E-state index in [2.05, 4.69) is 5.32 Å². The van der Waals surface area contributed by atoms with Crippen LogP contribution in [0, 0.1) is 13.8 Å². The van der Waals surface area contributed by atoms with E-state index in [1.165, 1.54) is 11.8 Å². The number of aryl methyl sites for hydroxylation is 2. The van der Waals surface area contributed by atoms with E-state index >= 15 is 0 Å². The van der Waals surface area contributed by atoms with Crippen molar-refractivity contribution in [1.29, 1.82) is 0 Å². The van der Waals surface area contributed by atoms with Crippen molar-refractivity contribution in [2.45, 2.75) is 26.7 Å². The van der Waals surface area contributed by atoms with Gasteiger partial charge in [-0.15, -0.1) is 23.1 Å². The molecule has 5 nitrogen and oxygen atoms in total. The van der Waals surface area contributed by atoms with Crippen molar-refractivity contribution in [1.82, 2.24) is 5.32 Å². The highest BCUT2D eigenvalue weighted by Gasteiger charge is 2.13. The summed E-state index contributed by atoms with van der Waals surface area (Å²) < 4.78 is 0. The van der Waals surface area contributed by atoms with Crippen LogP contribution in [0.15, 0.2) is 6.07 Å². The zero-order chi connectivity index (χ0) is 15.8. The molecule has 0 unspecified atom stereocenters. The number of thiophene rings is 1. The molecule has 0 aliphatic heterocycles. The van der Waals surface area contributed by atoms with Crippen LogP contribution in [-0.2, 0) is 9.59 Å². The molecule has 0 saturated heterocycles. The molecule has 0 saturated carbocycles. The lowest BCUT2D eigenvalue weighted by atomic mass is 10.1. The number of carbonyl (C=O) groups excluding carboxylic acids is 2. The Kier molecular flexibility index (Phi) is 7.45. The Hall–Kier alpha value is -1.34. The van der Waals surface area contributed by atoms with E-state index in [4.69, 9.17) is 5.11 Å². The van der Waals surface area contributed by atoms with Crippen molar-refractivity contribution in [3.05, 3.63) is 21.4 Å². The number of thioether (sulfide) groups is 1. The van der Waals surface area contributed by atoms with Gasteiger partial charge < -0.3 is 10.4 Å². The van der Waals surface area contributed by atoms with Crippen molar-refractivity contribution in [3.63, 3.8) is 0 Å². The van der Waals surface area contributed by atoms with E-state index in [9.17, 15) is 14.4 Å². The zero-order valence-corrected chi connectivity index (χ0v) is 13.7. The summed E-state index contributed by atoms with van der Waals surface area (Å²) in [5.74, 6) is -0.463. The molecule has 0 fully saturated rings. The Labute approximate surface area is 132 Å². The summed E-state index contributed by atoms with van der Waals surface area (Å²) >= 11 is 2.83. The van der Waals surface area contributed by atoms with Gasteiger partial charge in [0, 0.05) is 40.5 Å². The Balaban J connectivity index is 2.22. The van der Waals surface area contributed by atoms with Crippen LogP contribution in [0.1, 0.15) is 33.0 Å². The molecule has 2 N–H and O–H groups in total. The van der Waals surface area contributed by atoms with Gasteiger partial charge in [0.05, 0.1) is 5.75 Å². The van der Waals surface area contributed by atoms with Gasteiger partial charge in [0.1, 0.15) is 0 Å². The first kappa shape index (κ1) is 17.7. The third kappa shape index (κ3) is 6.77. The van der Waals surface area contributed by atoms with Crippen LogP contribution >= 0.6 is 23.1 Å². The summed E-state index contributed by atoms with van der Waals surface area (Å²) in [5, 5.41) is 11.1. The van der Waals surface area contributed by atoms with Gasteiger partial charge in [-0.25, -0.2) is 0 Å². The van der Waals surface area contributed by atoms with Gasteiger partial charge in [-0.2, -0.15) is 0 Å². The summed E-state index contributed by atoms with van der Waals surface area (Å²) in [7, 11) is 0. The lowest BCUT2D eigenvalue weighted by Crippen LogP contribution is -2.26. The van der Waals surface area contributed by atoms with Gasteiger partial charge in [0.2, 0.25) is 5.91 Å². The van der Waals surface area contributed by atoms with E-state index in [1.54, 1.807) is 11.3 Å². The molecule has 1 amide bonds. The second-order valence-electron chi connectivity index (χ2n) is 4.55. The number of Topliss-reactive ketones (excluding diaryl/α,β-unsaturated/α-hetero) is 1. The molecule has 0 bridgehead atoms. The fourth-order valence-electron chi connectivity index (χ4n) is 1.78. The summed E-state index contributed by atoms with van der Waals surface area (Å²) in [6.07, 6.45) is 0.363. The van der Waals surface area contributed by atoms with E-state index in [-0.39, 0.29) is 30.3 Å². The molecule has 0 radical (unpaired) electrons. The lowest BCUT2D eigenvalue weighted by Gasteiger charge is -2.04. The van der Waals surface area contributed by atoms with Crippen LogP contribution in [0.3, 0.4) is 0 Å². The normalized spacial score (nSPS) is 10.4. The highest BCUT2D eigenvalue weighted by Crippen LogP contribution is 2.22. The number of carbonyl (C=O) groups is 3. The van der Waals surface area contributed by atoms with Crippen molar-refractivity contribution in [3.8, 4) is 0 Å². The standard InChI is InChI=1S/C14H19NO4S2/c1-9-7-11(10(2)21-9)12(16)3-4-13(17)15-5-6-20-8-14(18)19/h7H,3-6,8H2,1-2H3,(H,15,17)(H,18,19). The van der Waals surface area contributed by atoms with Crippen LogP contribution in [0.4, 0.5) is 0 Å². The first-order valence-corrected chi connectivity index (χ1v) is 8.53. The topological polar surface area (TPSA) is 83.5 Å². The van der Waals surface area contributed by atoms with Crippen molar-refractivity contribution < 1.29 is 19.5 Å². The first-order chi connectivity index (χ1) is 9.90. The second kappa shape index (κ2) is 8.84. The van der Waals surface area contributed by atoms with Gasteiger partial charge in [-0.1, -0.05) is 0 Å². The highest BCUT2D eigenvalue weighted by atomic mass is 32.2. The Morgan fingerprint density at radius 1 is 1.29 bits per heavy atom. The summed E-state index contributed by atoms with van der Waals surface area (Å²) in [6.45, 7) is 4.28. The number of nitrogens with one attached hydrogen (secondary N) is 1. The van der Waals surface area contributed by atoms with Gasteiger partial charge in [-0.3, -0.25) is 14.4 Å². The Bertz CT molecular complexity index is 525. The number of hydrogen-bond acceptors (Lipinski definition) is 5. The average molecular weight is 329 g/mol. The maximum absolute atomic E-state index is 12.0. The number of rotatable bonds is 9. The maximum Gasteiger partial charge on any atom is 0.313 e. The van der Waals surface area contributed by atoms with E-state index in [0.29, 0.717) is 17.9 Å². The SMILES string of the molecule is Cc1cc(C(=O)CCC(=O)NCCSCC(=O)O)c(C)s1. The van der Waals surface area contributed by atoms with Gasteiger partial charge >= 0.3 is 5.97 Å². The molecule has 7 heteroatoms. The molecule has 1 aromatic rings. The minimum Gasteiger partial charge on any atom is -0.481 e. The summed E-state index contributed by atoms with van der Waals surface area (Å²) in [5.41, 5.74) is 0.710. The number of carboxylic acids is 1. The number of ketones is 1. The van der Waals surface area contributed by atoms with Crippen LogP contribution < -0.4 is 5.32 Å². The van der Waals surface area contributed by atoms with Gasteiger partial charge in [0.25, 0.3) is 0 Å². The van der Waals surface area contributed by atoms with Gasteiger partial charge in [0.15, 0.2) is 5.78 Å². The summed E-state index contributed by atoms with van der Waals surface area (Å²) in [6, 6.07) is 1.86. The number of amides is 1. The molecule has 1 heterocycles.